The van der Waals surface area contributed by atoms with Crippen LogP contribution in [0, 0.1) is 11.3 Å². The van der Waals surface area contributed by atoms with Crippen molar-refractivity contribution in [2.45, 2.75) is 18.4 Å². The number of rotatable bonds is 7. The molecule has 8 aromatic carbocycles. The van der Waals surface area contributed by atoms with Gasteiger partial charge in [-0.25, -0.2) is 15.0 Å². The van der Waals surface area contributed by atoms with E-state index in [1.54, 1.807) is 0 Å². The molecule has 2 aliphatic rings. The molecule has 1 aliphatic heterocycles. The minimum absolute atomic E-state index is 0.188. The Bertz CT molecular complexity index is 3510. The molecule has 0 amide bonds. The molecule has 6 nitrogen and oxygen atoms in total. The van der Waals surface area contributed by atoms with Crippen LogP contribution in [0.4, 0.5) is 11.4 Å². The SMILES string of the molecule is CC12C=CC(c3ccc(-n4c5ccccc5c5c(-c6cc(-c7nc(-c8ccccc8)nc(-c8ccccc8)n7)ccc6C#N)cccc54)cc3)=CC1c1ccccc1N2c1ccccc1. The van der Waals surface area contributed by atoms with E-state index in [0.717, 1.165) is 55.3 Å². The van der Waals surface area contributed by atoms with Gasteiger partial charge in [-0.2, -0.15) is 5.26 Å². The highest BCUT2D eigenvalue weighted by molar-refractivity contribution is 6.16. The van der Waals surface area contributed by atoms with Crippen LogP contribution in [-0.2, 0) is 0 Å². The van der Waals surface area contributed by atoms with Crippen molar-refractivity contribution in [3.63, 3.8) is 0 Å². The number of nitrogens with zero attached hydrogens (tertiary/aromatic N) is 6. The van der Waals surface area contributed by atoms with Gasteiger partial charge in [0.2, 0.25) is 0 Å². The average molecular weight is 833 g/mol. The Kier molecular flexibility index (Phi) is 8.96. The lowest BCUT2D eigenvalue weighted by atomic mass is 9.77. The van der Waals surface area contributed by atoms with Crippen molar-refractivity contribution in [3.8, 4) is 57.0 Å². The number of para-hydroxylation sites is 3. The molecule has 3 heterocycles. The monoisotopic (exact) mass is 832 g/mol. The minimum Gasteiger partial charge on any atom is -0.331 e. The van der Waals surface area contributed by atoms with Crippen LogP contribution in [0.15, 0.2) is 218 Å². The van der Waals surface area contributed by atoms with Gasteiger partial charge in [-0.3, -0.25) is 0 Å². The van der Waals surface area contributed by atoms with Crippen molar-refractivity contribution >= 4 is 38.8 Å². The van der Waals surface area contributed by atoms with Crippen molar-refractivity contribution in [1.29, 1.82) is 5.26 Å². The summed E-state index contributed by atoms with van der Waals surface area (Å²) in [5.74, 6) is 1.90. The fourth-order valence-corrected chi connectivity index (χ4v) is 10.1. The van der Waals surface area contributed by atoms with Crippen molar-refractivity contribution < 1.29 is 0 Å². The molecule has 2 aromatic heterocycles. The summed E-state index contributed by atoms with van der Waals surface area (Å²) in [6, 6.07) is 71.7. The summed E-state index contributed by atoms with van der Waals surface area (Å²) in [4.78, 5) is 17.4. The van der Waals surface area contributed by atoms with E-state index in [1.165, 1.54) is 28.1 Å². The summed E-state index contributed by atoms with van der Waals surface area (Å²) >= 11 is 0. The highest BCUT2D eigenvalue weighted by atomic mass is 15.2. The van der Waals surface area contributed by atoms with Gasteiger partial charge < -0.3 is 9.47 Å². The highest BCUT2D eigenvalue weighted by Gasteiger charge is 2.47. The number of allylic oxidation sites excluding steroid dienone is 2. The third-order valence-corrected chi connectivity index (χ3v) is 13.1. The predicted octanol–water partition coefficient (Wildman–Crippen LogP) is 14.2. The molecule has 2 atom stereocenters. The first kappa shape index (κ1) is 38.0. The number of fused-ring (bicyclic) bond motifs is 6. The first-order valence-corrected chi connectivity index (χ1v) is 22.0. The molecule has 1 aliphatic carbocycles. The summed E-state index contributed by atoms with van der Waals surface area (Å²) in [5.41, 5.74) is 14.1. The second-order valence-corrected chi connectivity index (χ2v) is 16.9. The lowest BCUT2D eigenvalue weighted by Gasteiger charge is -2.40. The topological polar surface area (TPSA) is 70.6 Å². The van der Waals surface area contributed by atoms with E-state index >= 15 is 0 Å². The molecule has 0 fully saturated rings. The van der Waals surface area contributed by atoms with Gasteiger partial charge in [-0.05, 0) is 89.9 Å². The van der Waals surface area contributed by atoms with Crippen LogP contribution >= 0.6 is 0 Å². The molecule has 10 aromatic rings. The van der Waals surface area contributed by atoms with Gasteiger partial charge in [0.1, 0.15) is 0 Å². The molecule has 0 N–H and O–H groups in total. The third kappa shape index (κ3) is 6.28. The molecule has 65 heavy (non-hydrogen) atoms. The van der Waals surface area contributed by atoms with Crippen LogP contribution in [-0.4, -0.2) is 25.1 Å². The molecule has 12 rings (SSSR count). The van der Waals surface area contributed by atoms with Crippen LogP contribution < -0.4 is 4.90 Å². The fraction of sp³-hybridized carbons (Fsp3) is 0.0508. The molecular weight excluding hydrogens is 793 g/mol. The fourth-order valence-electron chi connectivity index (χ4n) is 10.1. The second kappa shape index (κ2) is 15.3. The lowest BCUT2D eigenvalue weighted by Crippen LogP contribution is -2.42. The molecule has 0 saturated heterocycles. The molecule has 6 heteroatoms. The van der Waals surface area contributed by atoms with Gasteiger partial charge in [0.15, 0.2) is 17.5 Å². The van der Waals surface area contributed by atoms with E-state index in [9.17, 15) is 5.26 Å². The maximum atomic E-state index is 10.6. The van der Waals surface area contributed by atoms with Crippen molar-refractivity contribution in [2.75, 3.05) is 4.90 Å². The Hall–Kier alpha value is -8.66. The van der Waals surface area contributed by atoms with Crippen LogP contribution in [0.3, 0.4) is 0 Å². The normalized spacial score (nSPS) is 16.3. The zero-order chi connectivity index (χ0) is 43.5. The zero-order valence-electron chi connectivity index (χ0n) is 35.5. The van der Waals surface area contributed by atoms with E-state index in [-0.39, 0.29) is 11.5 Å². The van der Waals surface area contributed by atoms with Crippen LogP contribution in [0.5, 0.6) is 0 Å². The van der Waals surface area contributed by atoms with Crippen molar-refractivity contribution in [3.05, 3.63) is 235 Å². The van der Waals surface area contributed by atoms with Crippen molar-refractivity contribution in [2.24, 2.45) is 0 Å². The number of benzene rings is 8. The summed E-state index contributed by atoms with van der Waals surface area (Å²) in [6.45, 7) is 2.35. The second-order valence-electron chi connectivity index (χ2n) is 16.9. The molecular formula is C59H40N6. The quantitative estimate of drug-likeness (QED) is 0.160. The summed E-state index contributed by atoms with van der Waals surface area (Å²) in [7, 11) is 0. The summed E-state index contributed by atoms with van der Waals surface area (Å²) < 4.78 is 2.34. The van der Waals surface area contributed by atoms with Gasteiger partial charge in [0.05, 0.1) is 28.2 Å². The molecule has 306 valence electrons. The largest absolute Gasteiger partial charge is 0.331 e. The first-order chi connectivity index (χ1) is 32.1. The van der Waals surface area contributed by atoms with Gasteiger partial charge in [0.25, 0.3) is 0 Å². The van der Waals surface area contributed by atoms with Gasteiger partial charge >= 0.3 is 0 Å². The third-order valence-electron chi connectivity index (χ3n) is 13.1. The lowest BCUT2D eigenvalue weighted by molar-refractivity contribution is 0.544. The number of hydrogen-bond donors (Lipinski definition) is 0. The maximum Gasteiger partial charge on any atom is 0.164 e. The molecule has 0 bridgehead atoms. The minimum atomic E-state index is -0.235. The highest BCUT2D eigenvalue weighted by Crippen LogP contribution is 2.55. The van der Waals surface area contributed by atoms with E-state index in [4.69, 9.17) is 15.0 Å². The predicted molar refractivity (Wildman–Crippen MR) is 264 cm³/mol. The van der Waals surface area contributed by atoms with Crippen LogP contribution in [0.2, 0.25) is 0 Å². The first-order valence-electron chi connectivity index (χ1n) is 22.0. The number of anilines is 2. The van der Waals surface area contributed by atoms with Gasteiger partial charge in [-0.1, -0.05) is 158 Å². The Morgan fingerprint density at radius 3 is 1.83 bits per heavy atom. The van der Waals surface area contributed by atoms with Crippen LogP contribution in [0.25, 0.3) is 78.4 Å². The Morgan fingerprint density at radius 2 is 1.12 bits per heavy atom. The van der Waals surface area contributed by atoms with E-state index < -0.39 is 0 Å². The Balaban J connectivity index is 0.948. The average Bonchev–Trinajstić information content (AvgIpc) is 3.86. The molecule has 0 spiro atoms. The van der Waals surface area contributed by atoms with Crippen LogP contribution in [0.1, 0.15) is 29.5 Å². The Labute approximate surface area is 377 Å². The number of nitriles is 1. The Morgan fingerprint density at radius 1 is 0.523 bits per heavy atom. The van der Waals surface area contributed by atoms with Gasteiger partial charge in [-0.15, -0.1) is 0 Å². The smallest absolute Gasteiger partial charge is 0.164 e. The zero-order valence-corrected chi connectivity index (χ0v) is 35.5. The molecule has 0 saturated carbocycles. The standard InChI is InChI=1S/C59H40N6/c1-59-35-34-42(37-51(59)48-22-11-14-26-53(48)65(59)46-20-9-4-10-21-46)39-30-32-45(33-31-39)64-52-25-13-12-23-49(52)55-47(24-15-27-54(55)64)50-36-43(28-29-44(50)38-60)58-62-56(40-16-5-2-6-17-40)61-57(63-58)41-18-7-3-8-19-41/h2-37,51H,1H3. The number of hydrogen-bond acceptors (Lipinski definition) is 5. The number of aromatic nitrogens is 4. The van der Waals surface area contributed by atoms with Crippen molar-refractivity contribution in [1.82, 2.24) is 19.5 Å². The molecule has 2 unspecified atom stereocenters. The maximum absolute atomic E-state index is 10.6. The summed E-state index contributed by atoms with van der Waals surface area (Å²) in [6.07, 6.45) is 7.13. The van der Waals surface area contributed by atoms with Gasteiger partial charge in [0, 0.05) is 56.0 Å². The summed E-state index contributed by atoms with van der Waals surface area (Å²) in [5, 5.41) is 12.8. The van der Waals surface area contributed by atoms with E-state index in [1.807, 2.05) is 72.8 Å². The molecule has 0 radical (unpaired) electrons. The van der Waals surface area contributed by atoms with E-state index in [0.29, 0.717) is 23.0 Å². The van der Waals surface area contributed by atoms with E-state index in [2.05, 4.69) is 168 Å².